The molecule has 0 atom stereocenters. The smallest absolute Gasteiger partial charge is 0.255 e. The fourth-order valence-electron chi connectivity index (χ4n) is 2.99. The van der Waals surface area contributed by atoms with E-state index in [4.69, 9.17) is 0 Å². The van der Waals surface area contributed by atoms with Crippen LogP contribution < -0.4 is 9.62 Å². The van der Waals surface area contributed by atoms with E-state index < -0.39 is 10.0 Å². The largest absolute Gasteiger partial charge is 0.322 e. The zero-order chi connectivity index (χ0) is 18.9. The zero-order valence-corrected chi connectivity index (χ0v) is 16.1. The summed E-state index contributed by atoms with van der Waals surface area (Å²) in [5, 5.41) is 2.85. The first-order valence-electron chi connectivity index (χ1n) is 8.69. The summed E-state index contributed by atoms with van der Waals surface area (Å²) < 4.78 is 25.5. The lowest BCUT2D eigenvalue weighted by atomic mass is 9.87. The average Bonchev–Trinajstić information content (AvgIpc) is 2.93. The molecule has 1 aliphatic rings. The molecule has 1 aliphatic heterocycles. The van der Waals surface area contributed by atoms with Gasteiger partial charge in [0, 0.05) is 17.8 Å². The van der Waals surface area contributed by atoms with Crippen molar-refractivity contribution in [2.45, 2.75) is 32.6 Å². The van der Waals surface area contributed by atoms with Crippen LogP contribution in [0.4, 0.5) is 11.4 Å². The summed E-state index contributed by atoms with van der Waals surface area (Å²) in [6, 6.07) is 14.5. The minimum atomic E-state index is -3.24. The Morgan fingerprint density at radius 3 is 2.35 bits per heavy atom. The molecule has 0 saturated carbocycles. The molecular weight excluding hydrogens is 348 g/mol. The van der Waals surface area contributed by atoms with Crippen molar-refractivity contribution >= 4 is 27.3 Å². The number of hydrogen-bond donors (Lipinski definition) is 1. The van der Waals surface area contributed by atoms with Crippen LogP contribution in [-0.4, -0.2) is 26.6 Å². The Bertz CT molecular complexity index is 913. The van der Waals surface area contributed by atoms with Crippen molar-refractivity contribution < 1.29 is 13.2 Å². The second-order valence-electron chi connectivity index (χ2n) is 7.57. The molecule has 0 unspecified atom stereocenters. The third kappa shape index (κ3) is 3.90. The van der Waals surface area contributed by atoms with Gasteiger partial charge in [0.2, 0.25) is 10.0 Å². The molecule has 138 valence electrons. The van der Waals surface area contributed by atoms with Crippen molar-refractivity contribution in [3.8, 4) is 0 Å². The number of carbonyl (C=O) groups excluding carboxylic acids is 1. The molecule has 0 radical (unpaired) electrons. The van der Waals surface area contributed by atoms with E-state index in [0.717, 1.165) is 5.56 Å². The van der Waals surface area contributed by atoms with Gasteiger partial charge in [-0.1, -0.05) is 39.0 Å². The van der Waals surface area contributed by atoms with Crippen LogP contribution in [0, 0.1) is 0 Å². The van der Waals surface area contributed by atoms with Crippen molar-refractivity contribution in [2.75, 3.05) is 21.9 Å². The third-order valence-electron chi connectivity index (χ3n) is 4.50. The minimum absolute atomic E-state index is 0.0323. The molecule has 1 N–H and O–H groups in total. The SMILES string of the molecule is CC(C)(C)c1ccc(C(=O)Nc2cccc(N3CCCS3(=O)=O)c2)cc1. The van der Waals surface area contributed by atoms with Crippen LogP contribution in [0.15, 0.2) is 48.5 Å². The first kappa shape index (κ1) is 18.5. The molecule has 6 heteroatoms. The average molecular weight is 372 g/mol. The number of anilines is 2. The van der Waals surface area contributed by atoms with Gasteiger partial charge in [0.15, 0.2) is 0 Å². The normalized spacial score (nSPS) is 16.5. The molecule has 0 aromatic heterocycles. The molecule has 0 aliphatic carbocycles. The van der Waals surface area contributed by atoms with E-state index in [-0.39, 0.29) is 17.1 Å². The van der Waals surface area contributed by atoms with Crippen LogP contribution in [0.2, 0.25) is 0 Å². The maximum absolute atomic E-state index is 12.5. The lowest BCUT2D eigenvalue weighted by Gasteiger charge is -2.19. The molecule has 26 heavy (non-hydrogen) atoms. The summed E-state index contributed by atoms with van der Waals surface area (Å²) in [4.78, 5) is 12.5. The van der Waals surface area contributed by atoms with E-state index in [2.05, 4.69) is 26.1 Å². The van der Waals surface area contributed by atoms with Crippen LogP contribution >= 0.6 is 0 Å². The van der Waals surface area contributed by atoms with Crippen LogP contribution in [-0.2, 0) is 15.4 Å². The predicted molar refractivity (Wildman–Crippen MR) is 105 cm³/mol. The highest BCUT2D eigenvalue weighted by atomic mass is 32.2. The first-order valence-corrected chi connectivity index (χ1v) is 10.3. The molecule has 5 nitrogen and oxygen atoms in total. The lowest BCUT2D eigenvalue weighted by Crippen LogP contribution is -2.25. The number of nitrogens with one attached hydrogen (secondary N) is 1. The van der Waals surface area contributed by atoms with Crippen LogP contribution in [0.3, 0.4) is 0 Å². The Morgan fingerprint density at radius 2 is 1.77 bits per heavy atom. The van der Waals surface area contributed by atoms with Crippen LogP contribution in [0.25, 0.3) is 0 Å². The highest BCUT2D eigenvalue weighted by Crippen LogP contribution is 2.27. The Kier molecular flexibility index (Phi) is 4.80. The second kappa shape index (κ2) is 6.76. The van der Waals surface area contributed by atoms with E-state index in [1.165, 1.54) is 4.31 Å². The molecule has 1 fully saturated rings. The van der Waals surface area contributed by atoms with Gasteiger partial charge in [-0.15, -0.1) is 0 Å². The van der Waals surface area contributed by atoms with E-state index in [0.29, 0.717) is 29.9 Å². The fraction of sp³-hybridized carbons (Fsp3) is 0.350. The topological polar surface area (TPSA) is 66.5 Å². The first-order chi connectivity index (χ1) is 12.2. The summed E-state index contributed by atoms with van der Waals surface area (Å²) in [7, 11) is -3.24. The molecular formula is C20H24N2O3S. The summed E-state index contributed by atoms with van der Waals surface area (Å²) in [6.45, 7) is 6.86. The van der Waals surface area contributed by atoms with Crippen molar-refractivity contribution in [3.05, 3.63) is 59.7 Å². The molecule has 0 bridgehead atoms. The quantitative estimate of drug-likeness (QED) is 0.892. The van der Waals surface area contributed by atoms with Gasteiger partial charge in [0.1, 0.15) is 0 Å². The van der Waals surface area contributed by atoms with Crippen molar-refractivity contribution in [2.24, 2.45) is 0 Å². The lowest BCUT2D eigenvalue weighted by molar-refractivity contribution is 0.102. The van der Waals surface area contributed by atoms with E-state index >= 15 is 0 Å². The summed E-state index contributed by atoms with van der Waals surface area (Å²) in [5.74, 6) is -0.0455. The van der Waals surface area contributed by atoms with E-state index in [1.54, 1.807) is 24.3 Å². The number of amides is 1. The fourth-order valence-corrected chi connectivity index (χ4v) is 4.55. The minimum Gasteiger partial charge on any atom is -0.322 e. The van der Waals surface area contributed by atoms with Crippen molar-refractivity contribution in [1.82, 2.24) is 0 Å². The summed E-state index contributed by atoms with van der Waals surface area (Å²) >= 11 is 0. The standard InChI is InChI=1S/C20H24N2O3S/c1-20(2,3)16-10-8-15(9-11-16)19(23)21-17-6-4-7-18(14-17)22-12-5-13-26(22,24)25/h4,6-11,14H,5,12-13H2,1-3H3,(H,21,23). The Morgan fingerprint density at radius 1 is 1.08 bits per heavy atom. The van der Waals surface area contributed by atoms with Crippen molar-refractivity contribution in [3.63, 3.8) is 0 Å². The van der Waals surface area contributed by atoms with Gasteiger partial charge in [-0.25, -0.2) is 8.42 Å². The predicted octanol–water partition coefficient (Wildman–Crippen LogP) is 3.78. The summed E-state index contributed by atoms with van der Waals surface area (Å²) in [5.41, 5.74) is 2.93. The second-order valence-corrected chi connectivity index (χ2v) is 9.59. The molecule has 2 aromatic rings. The van der Waals surface area contributed by atoms with E-state index in [9.17, 15) is 13.2 Å². The van der Waals surface area contributed by atoms with Crippen LogP contribution in [0.1, 0.15) is 43.1 Å². The number of rotatable bonds is 3. The maximum Gasteiger partial charge on any atom is 0.255 e. The number of benzene rings is 2. The zero-order valence-electron chi connectivity index (χ0n) is 15.3. The van der Waals surface area contributed by atoms with E-state index in [1.807, 2.05) is 24.3 Å². The Balaban J connectivity index is 1.77. The Labute approximate surface area is 155 Å². The van der Waals surface area contributed by atoms with Gasteiger partial charge < -0.3 is 5.32 Å². The number of nitrogens with zero attached hydrogens (tertiary/aromatic N) is 1. The van der Waals surface area contributed by atoms with Gasteiger partial charge in [-0.2, -0.15) is 0 Å². The van der Waals surface area contributed by atoms with Gasteiger partial charge in [0.25, 0.3) is 5.91 Å². The molecule has 0 spiro atoms. The molecule has 1 saturated heterocycles. The molecule has 3 rings (SSSR count). The summed E-state index contributed by atoms with van der Waals surface area (Å²) in [6.07, 6.45) is 0.624. The molecule has 2 aromatic carbocycles. The monoisotopic (exact) mass is 372 g/mol. The van der Waals surface area contributed by atoms with Crippen molar-refractivity contribution in [1.29, 1.82) is 0 Å². The van der Waals surface area contributed by atoms with Gasteiger partial charge in [0.05, 0.1) is 11.4 Å². The highest BCUT2D eigenvalue weighted by molar-refractivity contribution is 7.93. The van der Waals surface area contributed by atoms with Crippen LogP contribution in [0.5, 0.6) is 0 Å². The maximum atomic E-state index is 12.5. The highest BCUT2D eigenvalue weighted by Gasteiger charge is 2.28. The van der Waals surface area contributed by atoms with Gasteiger partial charge in [-0.05, 0) is 47.7 Å². The molecule has 1 amide bonds. The number of hydrogen-bond acceptors (Lipinski definition) is 3. The van der Waals surface area contributed by atoms with Gasteiger partial charge in [-0.3, -0.25) is 9.10 Å². The van der Waals surface area contributed by atoms with Gasteiger partial charge >= 0.3 is 0 Å². The Hall–Kier alpha value is -2.34. The molecule has 1 heterocycles. The number of carbonyl (C=O) groups is 1. The third-order valence-corrected chi connectivity index (χ3v) is 6.37. The number of sulfonamides is 1.